The Morgan fingerprint density at radius 3 is 2.89 bits per heavy atom. The van der Waals surface area contributed by atoms with Crippen LogP contribution in [-0.2, 0) is 0 Å². The highest BCUT2D eigenvalue weighted by molar-refractivity contribution is 6.02. The molecule has 28 heavy (non-hydrogen) atoms. The standard InChI is InChI=1S/C22H22N4O2/c1-23-11-12-28-19-14-24-10-8-17(19)21-20(15-5-3-6-16(13-15)27-2)22-18(26-21)7-4-9-25-22/h3-10,13-14,23,26H,11-12H2,1-2H3. The molecule has 0 atom stereocenters. The predicted octanol–water partition coefficient (Wildman–Crippen LogP) is 3.90. The molecule has 0 unspecified atom stereocenters. The number of aromatic amines is 1. The third-order valence-corrected chi connectivity index (χ3v) is 4.58. The van der Waals surface area contributed by atoms with Crippen molar-refractivity contribution in [2.45, 2.75) is 0 Å². The second-order valence-electron chi connectivity index (χ2n) is 6.33. The van der Waals surface area contributed by atoms with Crippen LogP contribution in [0.25, 0.3) is 33.4 Å². The molecule has 0 saturated heterocycles. The summed E-state index contributed by atoms with van der Waals surface area (Å²) in [6, 6.07) is 13.9. The minimum Gasteiger partial charge on any atom is -0.497 e. The average Bonchev–Trinajstić information content (AvgIpc) is 3.14. The smallest absolute Gasteiger partial charge is 0.146 e. The van der Waals surface area contributed by atoms with Crippen molar-refractivity contribution in [3.05, 3.63) is 61.1 Å². The molecule has 0 spiro atoms. The van der Waals surface area contributed by atoms with E-state index in [4.69, 9.17) is 9.47 Å². The van der Waals surface area contributed by atoms with Crippen molar-refractivity contribution < 1.29 is 9.47 Å². The molecule has 6 heteroatoms. The Hall–Kier alpha value is -3.38. The van der Waals surface area contributed by atoms with E-state index in [-0.39, 0.29) is 0 Å². The summed E-state index contributed by atoms with van der Waals surface area (Å²) in [5.41, 5.74) is 5.80. The average molecular weight is 374 g/mol. The summed E-state index contributed by atoms with van der Waals surface area (Å²) < 4.78 is 11.4. The van der Waals surface area contributed by atoms with E-state index in [9.17, 15) is 0 Å². The monoisotopic (exact) mass is 374 g/mol. The minimum absolute atomic E-state index is 0.558. The SMILES string of the molecule is CNCCOc1cnccc1-c1[nH]c2cccnc2c1-c1cccc(OC)c1. The lowest BCUT2D eigenvalue weighted by atomic mass is 10.0. The van der Waals surface area contributed by atoms with Gasteiger partial charge in [-0.05, 0) is 42.9 Å². The Morgan fingerprint density at radius 1 is 1.11 bits per heavy atom. The van der Waals surface area contributed by atoms with E-state index in [1.54, 1.807) is 25.7 Å². The van der Waals surface area contributed by atoms with E-state index in [0.717, 1.165) is 51.5 Å². The van der Waals surface area contributed by atoms with Gasteiger partial charge < -0.3 is 19.8 Å². The van der Waals surface area contributed by atoms with Gasteiger partial charge in [-0.2, -0.15) is 0 Å². The molecule has 3 heterocycles. The molecule has 4 rings (SSSR count). The van der Waals surface area contributed by atoms with Crippen LogP contribution in [0.2, 0.25) is 0 Å². The molecule has 2 N–H and O–H groups in total. The van der Waals surface area contributed by atoms with E-state index in [0.29, 0.717) is 6.61 Å². The number of H-pyrrole nitrogens is 1. The first-order chi connectivity index (χ1) is 13.8. The number of nitrogens with zero attached hydrogens (tertiary/aromatic N) is 2. The lowest BCUT2D eigenvalue weighted by Gasteiger charge is -2.12. The number of hydrogen-bond donors (Lipinski definition) is 2. The maximum Gasteiger partial charge on any atom is 0.146 e. The summed E-state index contributed by atoms with van der Waals surface area (Å²) in [6.45, 7) is 1.31. The van der Waals surface area contributed by atoms with Crippen molar-refractivity contribution in [1.82, 2.24) is 20.3 Å². The minimum atomic E-state index is 0.558. The molecule has 0 fully saturated rings. The summed E-state index contributed by atoms with van der Waals surface area (Å²) in [6.07, 6.45) is 5.33. The van der Waals surface area contributed by atoms with Crippen LogP contribution in [0, 0.1) is 0 Å². The van der Waals surface area contributed by atoms with Gasteiger partial charge in [-0.25, -0.2) is 0 Å². The second kappa shape index (κ2) is 8.10. The number of rotatable bonds is 7. The van der Waals surface area contributed by atoms with Crippen molar-refractivity contribution >= 4 is 11.0 Å². The molecular weight excluding hydrogens is 352 g/mol. The van der Waals surface area contributed by atoms with Crippen LogP contribution in [-0.4, -0.2) is 42.3 Å². The van der Waals surface area contributed by atoms with Crippen molar-refractivity contribution in [2.75, 3.05) is 27.3 Å². The second-order valence-corrected chi connectivity index (χ2v) is 6.33. The highest BCUT2D eigenvalue weighted by atomic mass is 16.5. The van der Waals surface area contributed by atoms with Crippen LogP contribution in [0.3, 0.4) is 0 Å². The van der Waals surface area contributed by atoms with Gasteiger partial charge in [0.25, 0.3) is 0 Å². The Balaban J connectivity index is 1.91. The Morgan fingerprint density at radius 2 is 2.04 bits per heavy atom. The zero-order valence-electron chi connectivity index (χ0n) is 15.9. The summed E-state index contributed by atoms with van der Waals surface area (Å²) in [7, 11) is 3.57. The Labute approximate surface area is 163 Å². The molecule has 0 aliphatic heterocycles. The predicted molar refractivity (Wildman–Crippen MR) is 111 cm³/mol. The van der Waals surface area contributed by atoms with E-state index in [1.165, 1.54) is 0 Å². The molecule has 4 aromatic rings. The third kappa shape index (κ3) is 3.42. The third-order valence-electron chi connectivity index (χ3n) is 4.58. The lowest BCUT2D eigenvalue weighted by Crippen LogP contribution is -2.16. The number of benzene rings is 1. The molecule has 0 radical (unpaired) electrons. The number of ether oxygens (including phenoxy) is 2. The first kappa shape index (κ1) is 18.0. The van der Waals surface area contributed by atoms with Crippen LogP contribution in [0.5, 0.6) is 11.5 Å². The van der Waals surface area contributed by atoms with E-state index >= 15 is 0 Å². The maximum absolute atomic E-state index is 5.97. The van der Waals surface area contributed by atoms with Crippen molar-refractivity contribution in [3.8, 4) is 33.9 Å². The van der Waals surface area contributed by atoms with Crippen LogP contribution >= 0.6 is 0 Å². The van der Waals surface area contributed by atoms with Gasteiger partial charge in [-0.3, -0.25) is 9.97 Å². The normalized spacial score (nSPS) is 10.9. The van der Waals surface area contributed by atoms with Gasteiger partial charge in [0, 0.05) is 30.1 Å². The molecular formula is C22H22N4O2. The van der Waals surface area contributed by atoms with E-state index in [1.807, 2.05) is 43.4 Å². The van der Waals surface area contributed by atoms with Crippen molar-refractivity contribution in [2.24, 2.45) is 0 Å². The van der Waals surface area contributed by atoms with Crippen LogP contribution < -0.4 is 14.8 Å². The zero-order valence-corrected chi connectivity index (χ0v) is 15.9. The van der Waals surface area contributed by atoms with Gasteiger partial charge in [0.1, 0.15) is 18.1 Å². The topological polar surface area (TPSA) is 72.1 Å². The molecule has 142 valence electrons. The quantitative estimate of drug-likeness (QED) is 0.480. The van der Waals surface area contributed by atoms with Crippen molar-refractivity contribution in [1.29, 1.82) is 0 Å². The van der Waals surface area contributed by atoms with Gasteiger partial charge in [-0.1, -0.05) is 12.1 Å². The van der Waals surface area contributed by atoms with Gasteiger partial charge in [0.15, 0.2) is 0 Å². The van der Waals surface area contributed by atoms with E-state index < -0.39 is 0 Å². The number of pyridine rings is 2. The van der Waals surface area contributed by atoms with Gasteiger partial charge in [0.2, 0.25) is 0 Å². The number of fused-ring (bicyclic) bond motifs is 1. The summed E-state index contributed by atoms with van der Waals surface area (Å²) in [4.78, 5) is 12.4. The van der Waals surface area contributed by atoms with Gasteiger partial charge in [0.05, 0.1) is 30.0 Å². The molecule has 0 aliphatic carbocycles. The molecule has 3 aromatic heterocycles. The van der Waals surface area contributed by atoms with E-state index in [2.05, 4.69) is 26.3 Å². The summed E-state index contributed by atoms with van der Waals surface area (Å²) in [5, 5.41) is 3.09. The van der Waals surface area contributed by atoms with Crippen LogP contribution in [0.4, 0.5) is 0 Å². The highest BCUT2D eigenvalue weighted by Crippen LogP contribution is 2.41. The lowest BCUT2D eigenvalue weighted by molar-refractivity contribution is 0.318. The molecule has 1 aromatic carbocycles. The molecule has 0 saturated carbocycles. The number of hydrogen-bond acceptors (Lipinski definition) is 5. The number of methoxy groups -OCH3 is 1. The largest absolute Gasteiger partial charge is 0.497 e. The summed E-state index contributed by atoms with van der Waals surface area (Å²) in [5.74, 6) is 1.53. The molecule has 6 nitrogen and oxygen atoms in total. The fourth-order valence-corrected chi connectivity index (χ4v) is 3.25. The molecule has 0 aliphatic rings. The molecule has 0 bridgehead atoms. The number of nitrogens with one attached hydrogen (secondary N) is 2. The first-order valence-electron chi connectivity index (χ1n) is 9.14. The fraction of sp³-hybridized carbons (Fsp3) is 0.182. The summed E-state index contributed by atoms with van der Waals surface area (Å²) >= 11 is 0. The van der Waals surface area contributed by atoms with Crippen LogP contribution in [0.1, 0.15) is 0 Å². The Bertz CT molecular complexity index is 1090. The first-order valence-corrected chi connectivity index (χ1v) is 9.14. The molecule has 0 amide bonds. The highest BCUT2D eigenvalue weighted by Gasteiger charge is 2.19. The zero-order chi connectivity index (χ0) is 19.3. The van der Waals surface area contributed by atoms with Gasteiger partial charge >= 0.3 is 0 Å². The van der Waals surface area contributed by atoms with Crippen molar-refractivity contribution in [3.63, 3.8) is 0 Å². The Kier molecular flexibility index (Phi) is 5.21. The maximum atomic E-state index is 5.97. The number of aromatic nitrogens is 3. The fourth-order valence-electron chi connectivity index (χ4n) is 3.25. The number of likely N-dealkylation sites (N-methyl/N-ethyl adjacent to an activating group) is 1. The van der Waals surface area contributed by atoms with Crippen LogP contribution in [0.15, 0.2) is 61.1 Å². The van der Waals surface area contributed by atoms with Gasteiger partial charge in [-0.15, -0.1) is 0 Å².